The largest absolute Gasteiger partial charge is 0.342 e. The number of halogens is 1. The number of nitro groups is 1. The van der Waals surface area contributed by atoms with Crippen LogP contribution in [0.15, 0.2) is 24.4 Å². The van der Waals surface area contributed by atoms with E-state index in [0.717, 1.165) is 24.7 Å². The molecule has 6 nitrogen and oxygen atoms in total. The van der Waals surface area contributed by atoms with Crippen LogP contribution in [0, 0.1) is 15.9 Å². The van der Waals surface area contributed by atoms with Crippen LogP contribution in [0.2, 0.25) is 0 Å². The van der Waals surface area contributed by atoms with Crippen LogP contribution in [0.3, 0.4) is 0 Å². The molecular weight excluding hydrogens is 275 g/mol. The van der Waals surface area contributed by atoms with Gasteiger partial charge in [0.15, 0.2) is 0 Å². The highest BCUT2D eigenvalue weighted by Crippen LogP contribution is 2.27. The van der Waals surface area contributed by atoms with Crippen LogP contribution < -0.4 is 5.73 Å². The average Bonchev–Trinajstić information content (AvgIpc) is 2.94. The highest BCUT2D eigenvalue weighted by Gasteiger charge is 2.17. The summed E-state index contributed by atoms with van der Waals surface area (Å²) in [7, 11) is 0. The summed E-state index contributed by atoms with van der Waals surface area (Å²) in [5.41, 5.74) is 6.31. The minimum atomic E-state index is -0.852. The maximum absolute atomic E-state index is 13.3. The van der Waals surface area contributed by atoms with Crippen molar-refractivity contribution in [2.24, 2.45) is 5.73 Å². The zero-order chi connectivity index (χ0) is 15.4. The Balaban J connectivity index is 2.33. The Kier molecular flexibility index (Phi) is 4.64. The summed E-state index contributed by atoms with van der Waals surface area (Å²) in [5, 5.41) is 10.8. The van der Waals surface area contributed by atoms with Crippen LogP contribution in [0.1, 0.15) is 31.5 Å². The molecule has 3 N–H and O–H groups in total. The Bertz CT molecular complexity index is 642. The van der Waals surface area contributed by atoms with Crippen LogP contribution in [-0.4, -0.2) is 21.4 Å². The minimum absolute atomic E-state index is 0.124. The molecule has 0 amide bonds. The van der Waals surface area contributed by atoms with Gasteiger partial charge < -0.3 is 10.7 Å². The molecule has 0 aliphatic rings. The van der Waals surface area contributed by atoms with E-state index in [1.165, 1.54) is 12.1 Å². The van der Waals surface area contributed by atoms with Crippen molar-refractivity contribution < 1.29 is 9.31 Å². The van der Waals surface area contributed by atoms with E-state index in [9.17, 15) is 14.5 Å². The lowest BCUT2D eigenvalue weighted by Gasteiger charge is -2.09. The van der Waals surface area contributed by atoms with E-state index < -0.39 is 16.4 Å². The number of imidazole rings is 1. The summed E-state index contributed by atoms with van der Waals surface area (Å²) in [4.78, 5) is 17.4. The fraction of sp³-hybridized carbons (Fsp3) is 0.357. The highest BCUT2D eigenvalue weighted by molar-refractivity contribution is 5.62. The molecule has 0 spiro atoms. The first-order chi connectivity index (χ1) is 10.1. The van der Waals surface area contributed by atoms with E-state index in [1.807, 2.05) is 0 Å². The lowest BCUT2D eigenvalue weighted by Crippen LogP contribution is -2.13. The highest BCUT2D eigenvalue weighted by atomic mass is 19.1. The zero-order valence-electron chi connectivity index (χ0n) is 11.7. The molecule has 0 saturated heterocycles. The Morgan fingerprint density at radius 2 is 2.29 bits per heavy atom. The van der Waals surface area contributed by atoms with E-state index in [4.69, 9.17) is 5.73 Å². The van der Waals surface area contributed by atoms with Gasteiger partial charge in [-0.25, -0.2) is 4.98 Å². The molecule has 0 radical (unpaired) electrons. The molecule has 0 aliphatic heterocycles. The van der Waals surface area contributed by atoms with Crippen molar-refractivity contribution >= 4 is 5.69 Å². The van der Waals surface area contributed by atoms with Crippen LogP contribution in [0.25, 0.3) is 11.3 Å². The first-order valence-corrected chi connectivity index (χ1v) is 6.76. The van der Waals surface area contributed by atoms with Crippen LogP contribution in [0.5, 0.6) is 0 Å². The Hall–Kier alpha value is -2.28. The van der Waals surface area contributed by atoms with Crippen LogP contribution in [-0.2, 0) is 0 Å². The van der Waals surface area contributed by atoms with Gasteiger partial charge in [0, 0.05) is 24.1 Å². The van der Waals surface area contributed by atoms with E-state index in [-0.39, 0.29) is 5.92 Å². The first kappa shape index (κ1) is 15.1. The van der Waals surface area contributed by atoms with Gasteiger partial charge in [-0.1, -0.05) is 13.3 Å². The average molecular weight is 292 g/mol. The zero-order valence-corrected chi connectivity index (χ0v) is 11.7. The number of nitrogens with one attached hydrogen (secondary N) is 1. The molecule has 112 valence electrons. The van der Waals surface area contributed by atoms with Crippen molar-refractivity contribution in [1.29, 1.82) is 0 Å². The molecular formula is C14H17FN4O2. The second kappa shape index (κ2) is 6.45. The van der Waals surface area contributed by atoms with Crippen molar-refractivity contribution in [3.05, 3.63) is 46.2 Å². The molecule has 0 bridgehead atoms. The Labute approximate surface area is 121 Å². The van der Waals surface area contributed by atoms with Gasteiger partial charge in [0.1, 0.15) is 5.82 Å². The van der Waals surface area contributed by atoms with E-state index in [2.05, 4.69) is 16.9 Å². The lowest BCUT2D eigenvalue weighted by molar-refractivity contribution is -0.387. The number of benzene rings is 1. The summed E-state index contributed by atoms with van der Waals surface area (Å²) in [5.74, 6) is 0.0230. The molecule has 2 rings (SSSR count). The molecule has 0 saturated carbocycles. The van der Waals surface area contributed by atoms with Gasteiger partial charge in [0.05, 0.1) is 16.8 Å². The van der Waals surface area contributed by atoms with Crippen molar-refractivity contribution in [1.82, 2.24) is 9.97 Å². The van der Waals surface area contributed by atoms with Crippen molar-refractivity contribution in [2.75, 3.05) is 6.54 Å². The molecule has 1 aromatic carbocycles. The van der Waals surface area contributed by atoms with E-state index in [1.54, 1.807) is 6.20 Å². The molecule has 1 unspecified atom stereocenters. The fourth-order valence-corrected chi connectivity index (χ4v) is 2.23. The van der Waals surface area contributed by atoms with Gasteiger partial charge in [0.25, 0.3) is 0 Å². The predicted molar refractivity (Wildman–Crippen MR) is 77.3 cm³/mol. The maximum atomic E-state index is 13.3. The van der Waals surface area contributed by atoms with Gasteiger partial charge in [-0.05, 0) is 18.6 Å². The standard InChI is InChI=1S/C14H17FN4O2/c1-2-3-10(7-16)14-17-8-12(18-14)9-4-5-11(15)13(6-9)19(20)21/h4-6,8,10H,2-3,7,16H2,1H3,(H,17,18). The SMILES string of the molecule is CCCC(CN)c1ncc(-c2ccc(F)c([N+](=O)[O-])c2)[nH]1. The van der Waals surface area contributed by atoms with Crippen molar-refractivity contribution in [3.63, 3.8) is 0 Å². The van der Waals surface area contributed by atoms with Crippen LogP contribution >= 0.6 is 0 Å². The quantitative estimate of drug-likeness (QED) is 0.631. The normalized spacial score (nSPS) is 12.3. The minimum Gasteiger partial charge on any atom is -0.342 e. The van der Waals surface area contributed by atoms with Crippen molar-refractivity contribution in [2.45, 2.75) is 25.7 Å². The third-order valence-electron chi connectivity index (χ3n) is 3.36. The van der Waals surface area contributed by atoms with Gasteiger partial charge in [-0.15, -0.1) is 0 Å². The van der Waals surface area contributed by atoms with Crippen molar-refractivity contribution in [3.8, 4) is 11.3 Å². The fourth-order valence-electron chi connectivity index (χ4n) is 2.23. The lowest BCUT2D eigenvalue weighted by atomic mass is 10.0. The Morgan fingerprint density at radius 3 is 2.90 bits per heavy atom. The predicted octanol–water partition coefficient (Wildman–Crippen LogP) is 2.97. The maximum Gasteiger partial charge on any atom is 0.305 e. The molecule has 21 heavy (non-hydrogen) atoms. The number of aromatic nitrogens is 2. The second-order valence-corrected chi connectivity index (χ2v) is 4.83. The second-order valence-electron chi connectivity index (χ2n) is 4.83. The number of rotatable bonds is 6. The van der Waals surface area contributed by atoms with Gasteiger partial charge in [-0.2, -0.15) is 4.39 Å². The molecule has 1 atom stereocenters. The van der Waals surface area contributed by atoms with E-state index in [0.29, 0.717) is 17.8 Å². The van der Waals surface area contributed by atoms with Gasteiger partial charge in [0.2, 0.25) is 5.82 Å². The molecule has 1 aromatic heterocycles. The summed E-state index contributed by atoms with van der Waals surface area (Å²) < 4.78 is 13.3. The van der Waals surface area contributed by atoms with Crippen LogP contribution in [0.4, 0.5) is 10.1 Å². The molecule has 1 heterocycles. The third kappa shape index (κ3) is 3.25. The number of hydrogen-bond acceptors (Lipinski definition) is 4. The number of hydrogen-bond donors (Lipinski definition) is 2. The summed E-state index contributed by atoms with van der Waals surface area (Å²) in [6, 6.07) is 3.77. The van der Waals surface area contributed by atoms with Gasteiger partial charge >= 0.3 is 5.69 Å². The summed E-state index contributed by atoms with van der Waals surface area (Å²) >= 11 is 0. The number of nitrogens with two attached hydrogens (primary N) is 1. The number of aromatic amines is 1. The molecule has 0 fully saturated rings. The smallest absolute Gasteiger partial charge is 0.305 e. The number of nitro benzene ring substituents is 1. The van der Waals surface area contributed by atoms with E-state index >= 15 is 0 Å². The third-order valence-corrected chi connectivity index (χ3v) is 3.36. The number of H-pyrrole nitrogens is 1. The Morgan fingerprint density at radius 1 is 1.52 bits per heavy atom. The molecule has 0 aliphatic carbocycles. The first-order valence-electron chi connectivity index (χ1n) is 6.76. The summed E-state index contributed by atoms with van der Waals surface area (Å²) in [6.45, 7) is 2.54. The monoisotopic (exact) mass is 292 g/mol. The number of nitrogens with zero attached hydrogens (tertiary/aromatic N) is 2. The molecule has 2 aromatic rings. The van der Waals surface area contributed by atoms with Gasteiger partial charge in [-0.3, -0.25) is 10.1 Å². The summed E-state index contributed by atoms with van der Waals surface area (Å²) in [6.07, 6.45) is 3.48. The molecule has 7 heteroatoms. The topological polar surface area (TPSA) is 97.8 Å².